The van der Waals surface area contributed by atoms with E-state index in [-0.39, 0.29) is 6.54 Å². The Morgan fingerprint density at radius 2 is 2.00 bits per heavy atom. The number of halogens is 4. The smallest absolute Gasteiger partial charge is 0.444 e. The van der Waals surface area contributed by atoms with Gasteiger partial charge in [0.1, 0.15) is 0 Å². The number of piperidine rings is 1. The van der Waals surface area contributed by atoms with Gasteiger partial charge in [-0.05, 0) is 55.8 Å². The molecule has 2 aliphatic rings. The van der Waals surface area contributed by atoms with Crippen molar-refractivity contribution in [3.63, 3.8) is 0 Å². The number of hydrogen-bond donors (Lipinski definition) is 3. The molecule has 5 unspecified atom stereocenters. The molecule has 0 aliphatic carbocycles. The SMILES string of the molecule is CN1C2CCC1C(CN(CCS)CCNCC(S)OC(=O)C(F)(F)F)C(c1ccc(Cl)cc1)C2. The van der Waals surface area contributed by atoms with Gasteiger partial charge in [0.15, 0.2) is 5.44 Å². The zero-order chi connectivity index (χ0) is 24.9. The standard InChI is InChI=1S/C23H33ClF3N3O2S2/c1-29-17-6-7-20(29)19(18(12-17)15-2-4-16(24)5-3-15)14-30(10-11-33)9-8-28-13-21(34)32-22(31)23(25,26)27/h2-5,17-21,28,33-34H,6-14H2,1H3. The van der Waals surface area contributed by atoms with E-state index in [4.69, 9.17) is 11.6 Å². The van der Waals surface area contributed by atoms with Crippen molar-refractivity contribution in [3.8, 4) is 0 Å². The number of ether oxygens (including phenoxy) is 1. The Morgan fingerprint density at radius 1 is 1.29 bits per heavy atom. The van der Waals surface area contributed by atoms with E-state index in [1.165, 1.54) is 18.4 Å². The third-order valence-electron chi connectivity index (χ3n) is 7.01. The largest absolute Gasteiger partial charge is 0.490 e. The summed E-state index contributed by atoms with van der Waals surface area (Å²) < 4.78 is 41.3. The highest BCUT2D eigenvalue weighted by atomic mass is 35.5. The van der Waals surface area contributed by atoms with Gasteiger partial charge >= 0.3 is 12.1 Å². The van der Waals surface area contributed by atoms with Crippen molar-refractivity contribution in [1.82, 2.24) is 15.1 Å². The number of hydrogen-bond acceptors (Lipinski definition) is 7. The van der Waals surface area contributed by atoms with Gasteiger partial charge in [-0.25, -0.2) is 4.79 Å². The van der Waals surface area contributed by atoms with Gasteiger partial charge in [-0.3, -0.25) is 0 Å². The van der Waals surface area contributed by atoms with E-state index in [0.717, 1.165) is 24.5 Å². The first-order valence-corrected chi connectivity index (χ1v) is 13.1. The molecular weight excluding hydrogens is 507 g/mol. The molecule has 2 fully saturated rings. The maximum absolute atomic E-state index is 12.3. The number of carbonyl (C=O) groups is 1. The molecule has 0 radical (unpaired) electrons. The van der Waals surface area contributed by atoms with Gasteiger partial charge in [-0.1, -0.05) is 23.7 Å². The zero-order valence-corrected chi connectivity index (χ0v) is 21.7. The quantitative estimate of drug-likeness (QED) is 0.171. The number of nitrogens with zero attached hydrogens (tertiary/aromatic N) is 2. The Morgan fingerprint density at radius 3 is 2.65 bits per heavy atom. The van der Waals surface area contributed by atoms with Crippen LogP contribution in [-0.2, 0) is 9.53 Å². The van der Waals surface area contributed by atoms with Crippen LogP contribution in [0, 0.1) is 5.92 Å². The minimum absolute atomic E-state index is 0.0313. The normalized spacial score (nSPS) is 26.1. The minimum Gasteiger partial charge on any atom is -0.444 e. The van der Waals surface area contributed by atoms with E-state index in [2.05, 4.69) is 64.3 Å². The molecular formula is C23H33ClF3N3O2S2. The highest BCUT2D eigenvalue weighted by Crippen LogP contribution is 2.46. The first kappa shape index (κ1) is 27.9. The average molecular weight is 540 g/mol. The van der Waals surface area contributed by atoms with Gasteiger partial charge in [0.2, 0.25) is 0 Å². The molecule has 2 aliphatic heterocycles. The van der Waals surface area contributed by atoms with Gasteiger partial charge in [0.25, 0.3) is 0 Å². The van der Waals surface area contributed by atoms with Crippen LogP contribution < -0.4 is 5.32 Å². The predicted octanol–water partition coefficient (Wildman–Crippen LogP) is 4.09. The van der Waals surface area contributed by atoms with Crippen molar-refractivity contribution in [1.29, 1.82) is 0 Å². The Labute approximate surface area is 215 Å². The third kappa shape index (κ3) is 7.43. The highest BCUT2D eigenvalue weighted by Gasteiger charge is 2.46. The van der Waals surface area contributed by atoms with Crippen LogP contribution >= 0.6 is 36.9 Å². The molecule has 1 aromatic rings. The van der Waals surface area contributed by atoms with Crippen LogP contribution in [0.1, 0.15) is 30.7 Å². The molecule has 0 aromatic heterocycles. The highest BCUT2D eigenvalue weighted by molar-refractivity contribution is 7.80. The second-order valence-corrected chi connectivity index (χ2v) is 10.6. The van der Waals surface area contributed by atoms with E-state index in [0.29, 0.717) is 42.8 Å². The van der Waals surface area contributed by atoms with Gasteiger partial charge in [-0.15, -0.1) is 12.6 Å². The van der Waals surface area contributed by atoms with Crippen LogP contribution in [0.2, 0.25) is 5.02 Å². The molecule has 0 amide bonds. The fourth-order valence-corrected chi connectivity index (χ4v) is 5.98. The summed E-state index contributed by atoms with van der Waals surface area (Å²) in [6, 6.07) is 9.33. The minimum atomic E-state index is -5.02. The number of nitrogens with one attached hydrogen (secondary N) is 1. The number of esters is 1. The second-order valence-electron chi connectivity index (χ2n) is 9.11. The lowest BCUT2D eigenvalue weighted by Crippen LogP contribution is -2.50. The summed E-state index contributed by atoms with van der Waals surface area (Å²) in [7, 11) is 2.23. The lowest BCUT2D eigenvalue weighted by molar-refractivity contribution is -0.200. The molecule has 34 heavy (non-hydrogen) atoms. The molecule has 2 heterocycles. The monoisotopic (exact) mass is 539 g/mol. The number of fused-ring (bicyclic) bond motifs is 2. The molecule has 2 bridgehead atoms. The Hall–Kier alpha value is -0.650. The summed E-state index contributed by atoms with van der Waals surface area (Å²) in [4.78, 5) is 15.8. The van der Waals surface area contributed by atoms with Crippen LogP contribution in [0.25, 0.3) is 0 Å². The lowest BCUT2D eigenvalue weighted by atomic mass is 9.76. The maximum Gasteiger partial charge on any atom is 0.490 e. The molecule has 5 nitrogen and oxygen atoms in total. The van der Waals surface area contributed by atoms with Gasteiger partial charge < -0.3 is 19.9 Å². The van der Waals surface area contributed by atoms with Crippen molar-refractivity contribution in [2.75, 3.05) is 45.5 Å². The molecule has 2 saturated heterocycles. The number of carbonyl (C=O) groups excluding carboxylic acids is 1. The van der Waals surface area contributed by atoms with Crippen LogP contribution in [0.15, 0.2) is 24.3 Å². The molecule has 3 rings (SSSR count). The third-order valence-corrected chi connectivity index (χ3v) is 7.75. The number of alkyl halides is 3. The molecule has 5 atom stereocenters. The first-order chi connectivity index (χ1) is 16.1. The van der Waals surface area contributed by atoms with E-state index in [9.17, 15) is 18.0 Å². The Bertz CT molecular complexity index is 803. The number of rotatable bonds is 11. The van der Waals surface area contributed by atoms with Crippen molar-refractivity contribution >= 4 is 42.8 Å². The number of benzene rings is 1. The van der Waals surface area contributed by atoms with E-state index in [1.807, 2.05) is 12.1 Å². The Balaban J connectivity index is 1.57. The summed E-state index contributed by atoms with van der Waals surface area (Å²) >= 11 is 14.5. The van der Waals surface area contributed by atoms with Gasteiger partial charge in [0.05, 0.1) is 0 Å². The summed E-state index contributed by atoms with van der Waals surface area (Å²) in [5.41, 5.74) is 0.164. The van der Waals surface area contributed by atoms with Crippen LogP contribution in [0.4, 0.5) is 13.2 Å². The molecule has 11 heteroatoms. The fraction of sp³-hybridized carbons (Fsp3) is 0.696. The maximum atomic E-state index is 12.3. The fourth-order valence-electron chi connectivity index (χ4n) is 5.35. The van der Waals surface area contributed by atoms with Gasteiger partial charge in [0, 0.05) is 55.6 Å². The van der Waals surface area contributed by atoms with Crippen molar-refractivity contribution in [2.24, 2.45) is 5.92 Å². The summed E-state index contributed by atoms with van der Waals surface area (Å²) in [6.07, 6.45) is -1.49. The van der Waals surface area contributed by atoms with Crippen molar-refractivity contribution in [2.45, 2.75) is 48.9 Å². The van der Waals surface area contributed by atoms with Crippen molar-refractivity contribution in [3.05, 3.63) is 34.9 Å². The van der Waals surface area contributed by atoms with E-state index in [1.54, 1.807) is 0 Å². The predicted molar refractivity (Wildman–Crippen MR) is 135 cm³/mol. The van der Waals surface area contributed by atoms with Crippen molar-refractivity contribution < 1.29 is 22.7 Å². The summed E-state index contributed by atoms with van der Waals surface area (Å²) in [5.74, 6) is -0.615. The molecule has 1 N–H and O–H groups in total. The lowest BCUT2D eigenvalue weighted by Gasteiger charge is -2.45. The molecule has 192 valence electrons. The average Bonchev–Trinajstić information content (AvgIpc) is 3.01. The van der Waals surface area contributed by atoms with E-state index >= 15 is 0 Å². The number of thiol groups is 2. The summed E-state index contributed by atoms with van der Waals surface area (Å²) in [5, 5.41) is 3.79. The van der Waals surface area contributed by atoms with Crippen LogP contribution in [0.5, 0.6) is 0 Å². The van der Waals surface area contributed by atoms with E-state index < -0.39 is 17.6 Å². The van der Waals surface area contributed by atoms with Gasteiger partial charge in [-0.2, -0.15) is 25.8 Å². The molecule has 0 spiro atoms. The Kier molecular flexibility index (Phi) is 10.3. The molecule has 0 saturated carbocycles. The zero-order valence-electron chi connectivity index (χ0n) is 19.2. The topological polar surface area (TPSA) is 44.8 Å². The second kappa shape index (κ2) is 12.5. The first-order valence-electron chi connectivity index (χ1n) is 11.6. The van der Waals surface area contributed by atoms with Crippen LogP contribution in [-0.4, -0.2) is 85.0 Å². The van der Waals surface area contributed by atoms with Crippen LogP contribution in [0.3, 0.4) is 0 Å². The molecule has 1 aromatic carbocycles. The summed E-state index contributed by atoms with van der Waals surface area (Å²) in [6.45, 7) is 2.99.